The third kappa shape index (κ3) is 21.9. The van der Waals surface area contributed by atoms with Crippen molar-refractivity contribution in [2.24, 2.45) is 11.7 Å². The van der Waals surface area contributed by atoms with Gasteiger partial charge in [-0.25, -0.2) is 9.78 Å². The number of rotatable bonds is 32. The topological polar surface area (TPSA) is 440 Å². The van der Waals surface area contributed by atoms with Crippen molar-refractivity contribution in [3.63, 3.8) is 0 Å². The number of amides is 8. The molecule has 8 atom stereocenters. The summed E-state index contributed by atoms with van der Waals surface area (Å²) in [5.74, 6) is -13.4. The van der Waals surface area contributed by atoms with Crippen LogP contribution in [0.1, 0.15) is 56.4 Å². The molecule has 0 radical (unpaired) electrons. The van der Waals surface area contributed by atoms with Crippen molar-refractivity contribution < 1.29 is 78.3 Å². The Labute approximate surface area is 445 Å². The number of benzene rings is 2. The highest BCUT2D eigenvalue weighted by molar-refractivity contribution is 7.80. The van der Waals surface area contributed by atoms with Gasteiger partial charge in [-0.05, 0) is 60.6 Å². The molecule has 1 aromatic heterocycles. The predicted octanol–water partition coefficient (Wildman–Crippen LogP) is -2.98. The SMILES string of the molecule is CC(C)C[C@H](NC(=O)[C@H](Cc1cnc[nH]1)NC(=O)CNC(=O)[C@H](CCC(=O)O)NC(=O)[C@H](CC(=O)O)NC(=O)[C@H](CS)NC(=O)[C@@H](N)Cc1ccc(O)cc1)C(=O)N[C@@H](CS)C(=O)N[C@@H](Cc1ccc(O)cc1)C(=O)O. The number of nitrogens with one attached hydrogen (secondary N) is 9. The standard InChI is InChI=1S/C47H63N11O16S2/c1-23(2)13-31(42(68)58-36(21-76)46(72)56-34(47(73)74)15-25-5-9-28(60)10-6-25)54-43(69)32(16-26-18-49-22-51-26)52-37(61)19-50-41(67)30(11-12-38(62)63)53-44(70)33(17-39(64)65)55-45(71)35(20-75)57-40(66)29(48)14-24-3-7-27(59)8-4-24/h3-10,18,22-23,29-36,59-60,75-76H,11-17,19-21,48H2,1-2H3,(H,49,51)(H,50,67)(H,52,61)(H,53,70)(H,54,69)(H,55,71)(H,56,72)(H,57,66)(H,58,68)(H,62,63)(H,64,65)(H,73,74)/t29-,30-,31-,32-,33-,34-,35-,36-/m0/s1. The van der Waals surface area contributed by atoms with Crippen LogP contribution in [0.25, 0.3) is 0 Å². The molecule has 76 heavy (non-hydrogen) atoms. The van der Waals surface area contributed by atoms with E-state index in [4.69, 9.17) is 5.73 Å². The predicted molar refractivity (Wildman–Crippen MR) is 274 cm³/mol. The molecule has 29 heteroatoms. The van der Waals surface area contributed by atoms with Crippen LogP contribution in [-0.2, 0) is 72.0 Å². The monoisotopic (exact) mass is 1100 g/mol. The van der Waals surface area contributed by atoms with E-state index in [9.17, 15) is 78.3 Å². The van der Waals surface area contributed by atoms with Gasteiger partial charge in [0.25, 0.3) is 0 Å². The van der Waals surface area contributed by atoms with Crippen molar-refractivity contribution in [1.82, 2.24) is 52.5 Å². The largest absolute Gasteiger partial charge is 0.508 e. The van der Waals surface area contributed by atoms with Gasteiger partial charge in [-0.2, -0.15) is 25.3 Å². The van der Waals surface area contributed by atoms with Crippen LogP contribution in [0.2, 0.25) is 0 Å². The maximum absolute atomic E-state index is 13.9. The van der Waals surface area contributed by atoms with E-state index >= 15 is 0 Å². The molecule has 0 saturated heterocycles. The highest BCUT2D eigenvalue weighted by atomic mass is 32.1. The zero-order chi connectivity index (χ0) is 56.6. The Bertz CT molecular complexity index is 2500. The smallest absolute Gasteiger partial charge is 0.326 e. The number of aromatic hydroxyl groups is 2. The molecule has 0 bridgehead atoms. The van der Waals surface area contributed by atoms with Crippen molar-refractivity contribution in [3.05, 3.63) is 77.9 Å². The van der Waals surface area contributed by atoms with Gasteiger partial charge in [0.05, 0.1) is 25.3 Å². The number of carboxylic acids is 3. The number of thiol groups is 2. The maximum Gasteiger partial charge on any atom is 0.326 e. The number of phenols is 2. The number of imidazole rings is 1. The van der Waals surface area contributed by atoms with Crippen LogP contribution in [0.4, 0.5) is 0 Å². The third-order valence-corrected chi connectivity index (χ3v) is 11.8. The number of carboxylic acid groups (broad SMARTS) is 3. The number of phenolic OH excluding ortho intramolecular Hbond substituents is 2. The minimum atomic E-state index is -1.91. The molecule has 0 fully saturated rings. The molecule has 3 rings (SSSR count). The van der Waals surface area contributed by atoms with Crippen LogP contribution in [0.3, 0.4) is 0 Å². The number of aromatic amines is 1. The molecule has 1 heterocycles. The minimum Gasteiger partial charge on any atom is -0.508 e. The van der Waals surface area contributed by atoms with Gasteiger partial charge < -0.3 is 78.8 Å². The minimum absolute atomic E-state index is 0.00236. The van der Waals surface area contributed by atoms with E-state index in [1.165, 1.54) is 61.1 Å². The van der Waals surface area contributed by atoms with Crippen LogP contribution in [0.15, 0.2) is 61.1 Å². The Hall–Kier alpha value is -7.92. The maximum atomic E-state index is 13.9. The lowest BCUT2D eigenvalue weighted by Crippen LogP contribution is -2.59. The number of nitrogens with two attached hydrogens (primary N) is 1. The molecule has 0 spiro atoms. The second-order valence-electron chi connectivity index (χ2n) is 17.7. The van der Waals surface area contributed by atoms with Gasteiger partial charge in [0.15, 0.2) is 0 Å². The van der Waals surface area contributed by atoms with E-state index in [0.29, 0.717) is 16.8 Å². The molecule has 27 nitrogen and oxygen atoms in total. The summed E-state index contributed by atoms with van der Waals surface area (Å²) in [6.45, 7) is 2.58. The fraction of sp³-hybridized carbons (Fsp3) is 0.447. The second-order valence-corrected chi connectivity index (χ2v) is 18.4. The van der Waals surface area contributed by atoms with Crippen LogP contribution >= 0.6 is 25.3 Å². The van der Waals surface area contributed by atoms with Gasteiger partial charge in [0, 0.05) is 42.7 Å². The van der Waals surface area contributed by atoms with Gasteiger partial charge in [-0.1, -0.05) is 38.1 Å². The molecular weight excluding hydrogens is 1040 g/mol. The lowest BCUT2D eigenvalue weighted by Gasteiger charge is -2.26. The van der Waals surface area contributed by atoms with E-state index in [-0.39, 0.29) is 54.6 Å². The molecule has 0 aliphatic carbocycles. The van der Waals surface area contributed by atoms with Crippen LogP contribution < -0.4 is 48.3 Å². The van der Waals surface area contributed by atoms with E-state index in [0.717, 1.165) is 0 Å². The number of carbonyl (C=O) groups excluding carboxylic acids is 8. The fourth-order valence-corrected chi connectivity index (χ4v) is 7.57. The molecule has 2 aromatic carbocycles. The first kappa shape index (κ1) is 62.4. The Balaban J connectivity index is 1.72. The average molecular weight is 1100 g/mol. The summed E-state index contributed by atoms with van der Waals surface area (Å²) < 4.78 is 0. The van der Waals surface area contributed by atoms with Gasteiger partial charge in [-0.3, -0.25) is 47.9 Å². The lowest BCUT2D eigenvalue weighted by molar-refractivity contribution is -0.142. The number of aromatic nitrogens is 2. The second kappa shape index (κ2) is 31.1. The van der Waals surface area contributed by atoms with Crippen LogP contribution in [-0.4, -0.2) is 167 Å². The van der Waals surface area contributed by atoms with Gasteiger partial charge in [-0.15, -0.1) is 0 Å². The number of aliphatic carboxylic acids is 3. The first-order valence-corrected chi connectivity index (χ1v) is 24.7. The Morgan fingerprint density at radius 1 is 0.566 bits per heavy atom. The molecule has 0 aliphatic heterocycles. The number of H-pyrrole nitrogens is 1. The number of nitrogens with zero attached hydrogens (tertiary/aromatic N) is 1. The zero-order valence-corrected chi connectivity index (χ0v) is 43.0. The summed E-state index contributed by atoms with van der Waals surface area (Å²) in [7, 11) is 0. The Morgan fingerprint density at radius 2 is 1.04 bits per heavy atom. The summed E-state index contributed by atoms with van der Waals surface area (Å²) >= 11 is 8.24. The van der Waals surface area contributed by atoms with E-state index in [1.54, 1.807) is 13.8 Å². The Kier molecular flexibility index (Phi) is 25.5. The van der Waals surface area contributed by atoms with Gasteiger partial charge in [0.1, 0.15) is 53.8 Å². The molecule has 414 valence electrons. The first-order chi connectivity index (χ1) is 35.9. The fourth-order valence-electron chi connectivity index (χ4n) is 7.06. The van der Waals surface area contributed by atoms with E-state index in [1.807, 2.05) is 0 Å². The number of hydrogen-bond donors (Lipinski definition) is 17. The van der Waals surface area contributed by atoms with E-state index < -0.39 is 139 Å². The molecule has 0 unspecified atom stereocenters. The van der Waals surface area contributed by atoms with Crippen molar-refractivity contribution in [2.75, 3.05) is 18.1 Å². The first-order valence-electron chi connectivity index (χ1n) is 23.4. The quantitative estimate of drug-likeness (QED) is 0.0277. The summed E-state index contributed by atoms with van der Waals surface area (Å²) in [5, 5.41) is 66.7. The molecule has 0 aliphatic rings. The Morgan fingerprint density at radius 3 is 1.54 bits per heavy atom. The van der Waals surface area contributed by atoms with Crippen molar-refractivity contribution in [1.29, 1.82) is 0 Å². The lowest BCUT2D eigenvalue weighted by atomic mass is 10.0. The summed E-state index contributed by atoms with van der Waals surface area (Å²) in [6.07, 6.45) is -0.171. The molecule has 3 aromatic rings. The zero-order valence-electron chi connectivity index (χ0n) is 41.2. The molecule has 8 amide bonds. The average Bonchev–Trinajstić information content (AvgIpc) is 3.88. The third-order valence-electron chi connectivity index (χ3n) is 11.0. The van der Waals surface area contributed by atoms with Crippen molar-refractivity contribution in [3.8, 4) is 11.5 Å². The molecule has 16 N–H and O–H groups in total. The van der Waals surface area contributed by atoms with Gasteiger partial charge >= 0.3 is 17.9 Å². The van der Waals surface area contributed by atoms with Crippen molar-refractivity contribution >= 4 is 90.4 Å². The summed E-state index contributed by atoms with van der Waals surface area (Å²) in [4.78, 5) is 150. The normalized spacial score (nSPS) is 14.1. The molecule has 0 saturated carbocycles. The summed E-state index contributed by atoms with van der Waals surface area (Å²) in [6, 6.07) is -0.518. The highest BCUT2D eigenvalue weighted by Crippen LogP contribution is 2.14. The van der Waals surface area contributed by atoms with Gasteiger partial charge in [0.2, 0.25) is 47.3 Å². The molecular formula is C47H63N11O16S2. The number of carbonyl (C=O) groups is 11. The van der Waals surface area contributed by atoms with Crippen molar-refractivity contribution in [2.45, 2.75) is 107 Å². The van der Waals surface area contributed by atoms with E-state index in [2.05, 4.69) is 77.8 Å². The van der Waals surface area contributed by atoms with Crippen LogP contribution in [0.5, 0.6) is 11.5 Å². The van der Waals surface area contributed by atoms with Crippen LogP contribution in [0, 0.1) is 5.92 Å². The number of hydrogen-bond acceptors (Lipinski definition) is 17. The highest BCUT2D eigenvalue weighted by Gasteiger charge is 2.34. The summed E-state index contributed by atoms with van der Waals surface area (Å²) in [5.41, 5.74) is 7.39.